The lowest BCUT2D eigenvalue weighted by atomic mass is 9.56. The van der Waals surface area contributed by atoms with E-state index in [1.165, 1.54) is 12.8 Å². The summed E-state index contributed by atoms with van der Waals surface area (Å²) in [6, 6.07) is 0. The molecule has 9 nitrogen and oxygen atoms in total. The van der Waals surface area contributed by atoms with Crippen molar-refractivity contribution in [2.24, 2.45) is 47.3 Å². The van der Waals surface area contributed by atoms with Gasteiger partial charge in [0.05, 0.1) is 18.3 Å². The molecule has 17 atom stereocenters. The third-order valence-electron chi connectivity index (χ3n) is 13.7. The van der Waals surface area contributed by atoms with Crippen molar-refractivity contribution in [2.75, 3.05) is 6.61 Å². The van der Waals surface area contributed by atoms with Gasteiger partial charge in [-0.15, -0.1) is 0 Å². The number of hydrogen-bond acceptors (Lipinski definition) is 9. The maximum absolute atomic E-state index is 7.05. The molecule has 10 aliphatic rings. The first-order chi connectivity index (χ1) is 20.5. The Morgan fingerprint density at radius 1 is 0.651 bits per heavy atom. The summed E-state index contributed by atoms with van der Waals surface area (Å²) in [5.74, 6) is 1.25. The largest absolute Gasteiger partial charge is 0.376 e. The predicted octanol–water partition coefficient (Wildman–Crippen LogP) is 6.28. The maximum Gasteiger partial charge on any atom is 0.201 e. The molecule has 8 heterocycles. The summed E-state index contributed by atoms with van der Waals surface area (Å²) >= 11 is 0. The Hall–Kier alpha value is -0.360. The molecule has 8 saturated heterocycles. The molecule has 4 bridgehead atoms. The van der Waals surface area contributed by atoms with Crippen molar-refractivity contribution in [3.63, 3.8) is 0 Å². The fourth-order valence-electron chi connectivity index (χ4n) is 11.3. The van der Waals surface area contributed by atoms with Crippen LogP contribution in [0.4, 0.5) is 0 Å². The second-order valence-electron chi connectivity index (χ2n) is 16.0. The Labute approximate surface area is 257 Å². The maximum atomic E-state index is 7.05. The van der Waals surface area contributed by atoms with Gasteiger partial charge < -0.3 is 23.7 Å². The highest BCUT2D eigenvalue weighted by molar-refractivity contribution is 5.12. The molecule has 0 radical (unpaired) electrons. The van der Waals surface area contributed by atoms with Crippen LogP contribution in [0, 0.1) is 47.3 Å². The van der Waals surface area contributed by atoms with Crippen LogP contribution in [0.1, 0.15) is 106 Å². The van der Waals surface area contributed by atoms with Gasteiger partial charge in [-0.3, -0.25) is 0 Å². The quantitative estimate of drug-likeness (QED) is 0.336. The summed E-state index contributed by atoms with van der Waals surface area (Å²) < 4.78 is 34.0. The van der Waals surface area contributed by atoms with Crippen molar-refractivity contribution < 1.29 is 43.2 Å². The Balaban J connectivity index is 1.09. The van der Waals surface area contributed by atoms with Crippen LogP contribution in [-0.4, -0.2) is 60.3 Å². The third kappa shape index (κ3) is 4.21. The van der Waals surface area contributed by atoms with Crippen molar-refractivity contribution in [1.29, 1.82) is 0 Å². The van der Waals surface area contributed by atoms with E-state index in [1.54, 1.807) is 0 Å². The molecule has 0 aromatic carbocycles. The molecule has 0 aromatic rings. The van der Waals surface area contributed by atoms with Gasteiger partial charge >= 0.3 is 0 Å². The molecule has 0 N–H and O–H groups in total. The van der Waals surface area contributed by atoms with Crippen LogP contribution in [0.5, 0.6) is 0 Å². The number of ether oxygens (including phenoxy) is 5. The van der Waals surface area contributed by atoms with Crippen molar-refractivity contribution in [2.45, 2.75) is 160 Å². The van der Waals surface area contributed by atoms with Crippen LogP contribution in [0.25, 0.3) is 0 Å². The fraction of sp³-hybridized carbons (Fsp3) is 1.00. The highest BCUT2D eigenvalue weighted by atomic mass is 17.3. The first-order valence-corrected chi connectivity index (χ1v) is 17.6. The summed E-state index contributed by atoms with van der Waals surface area (Å²) in [6.07, 6.45) is 7.71. The molecule has 2 saturated carbocycles. The van der Waals surface area contributed by atoms with Gasteiger partial charge in [-0.2, -0.15) is 0 Å². The molecule has 43 heavy (non-hydrogen) atoms. The molecule has 8 aliphatic heterocycles. The van der Waals surface area contributed by atoms with E-state index in [-0.39, 0.29) is 36.1 Å². The molecule has 10 fully saturated rings. The summed E-state index contributed by atoms with van der Waals surface area (Å²) in [5.41, 5.74) is -1.13. The lowest BCUT2D eigenvalue weighted by Gasteiger charge is -2.62. The van der Waals surface area contributed by atoms with E-state index in [0.717, 1.165) is 44.9 Å². The highest BCUT2D eigenvalue weighted by Crippen LogP contribution is 2.63. The van der Waals surface area contributed by atoms with Crippen molar-refractivity contribution in [3.8, 4) is 0 Å². The van der Waals surface area contributed by atoms with E-state index in [1.807, 2.05) is 13.8 Å². The second-order valence-corrected chi connectivity index (χ2v) is 16.0. The third-order valence-corrected chi connectivity index (χ3v) is 13.7. The van der Waals surface area contributed by atoms with Crippen LogP contribution >= 0.6 is 0 Å². The van der Waals surface area contributed by atoms with E-state index >= 15 is 0 Å². The zero-order chi connectivity index (χ0) is 29.9. The van der Waals surface area contributed by atoms with E-state index in [9.17, 15) is 0 Å². The van der Waals surface area contributed by atoms with Crippen LogP contribution < -0.4 is 0 Å². The average Bonchev–Trinajstić information content (AvgIpc) is 3.35. The molecule has 2 spiro atoms. The van der Waals surface area contributed by atoms with Crippen molar-refractivity contribution in [3.05, 3.63) is 0 Å². The van der Waals surface area contributed by atoms with E-state index in [4.69, 9.17) is 43.2 Å². The smallest absolute Gasteiger partial charge is 0.201 e. The SMILES string of the molecule is CCO[C@@H](C[C@H]1O[C@@H]2O[C@]3(C)CC[C@H]4[C@H](C)CC[C@@H]([C@H]1C)[C@@]24OO3)C1O[C@@H]2O[C@]3(C)CC[C@H]4[C@H](C)CC[C@@H]([C@H]1C)[C@@]24OO3. The highest BCUT2D eigenvalue weighted by Gasteiger charge is 2.71. The van der Waals surface area contributed by atoms with E-state index < -0.39 is 35.4 Å². The lowest BCUT2D eigenvalue weighted by molar-refractivity contribution is -0.574. The molecule has 10 rings (SSSR count). The summed E-state index contributed by atoms with van der Waals surface area (Å²) in [6.45, 7) is 16.1. The Morgan fingerprint density at radius 2 is 1.19 bits per heavy atom. The van der Waals surface area contributed by atoms with Crippen LogP contribution in [0.2, 0.25) is 0 Å². The summed E-state index contributed by atoms with van der Waals surface area (Å²) in [4.78, 5) is 24.9. The number of hydrogen-bond donors (Lipinski definition) is 0. The molecule has 2 aliphatic carbocycles. The Morgan fingerprint density at radius 3 is 1.74 bits per heavy atom. The second kappa shape index (κ2) is 10.3. The first-order valence-electron chi connectivity index (χ1n) is 17.6. The first kappa shape index (κ1) is 30.0. The van der Waals surface area contributed by atoms with Gasteiger partial charge in [0.25, 0.3) is 0 Å². The molecule has 0 aromatic heterocycles. The molecule has 9 heteroatoms. The van der Waals surface area contributed by atoms with Gasteiger partial charge in [0, 0.05) is 37.7 Å². The monoisotopic (exact) mass is 606 g/mol. The van der Waals surface area contributed by atoms with E-state index in [2.05, 4.69) is 34.6 Å². The zero-order valence-corrected chi connectivity index (χ0v) is 27.3. The number of rotatable bonds is 5. The van der Waals surface area contributed by atoms with Gasteiger partial charge in [0.15, 0.2) is 23.8 Å². The van der Waals surface area contributed by atoms with Crippen LogP contribution in [0.15, 0.2) is 0 Å². The van der Waals surface area contributed by atoms with Crippen molar-refractivity contribution in [1.82, 2.24) is 0 Å². The van der Waals surface area contributed by atoms with Gasteiger partial charge in [0.1, 0.15) is 0 Å². The van der Waals surface area contributed by atoms with Crippen molar-refractivity contribution >= 4 is 0 Å². The topological polar surface area (TPSA) is 83.1 Å². The fourth-order valence-corrected chi connectivity index (χ4v) is 11.3. The molecular weight excluding hydrogens is 552 g/mol. The molecule has 1 unspecified atom stereocenters. The minimum atomic E-state index is -0.790. The molecule has 244 valence electrons. The van der Waals surface area contributed by atoms with Gasteiger partial charge in [-0.05, 0) is 94.8 Å². The number of fused-ring (bicyclic) bond motifs is 4. The molecule has 0 amide bonds. The predicted molar refractivity (Wildman–Crippen MR) is 154 cm³/mol. The molecular formula is C34H54O9. The average molecular weight is 607 g/mol. The summed E-state index contributed by atoms with van der Waals surface area (Å²) in [5, 5.41) is 0. The lowest BCUT2D eigenvalue weighted by Crippen LogP contribution is -2.72. The summed E-state index contributed by atoms with van der Waals surface area (Å²) in [7, 11) is 0. The van der Waals surface area contributed by atoms with Gasteiger partial charge in [-0.1, -0.05) is 27.7 Å². The van der Waals surface area contributed by atoms with Gasteiger partial charge in [0.2, 0.25) is 11.6 Å². The van der Waals surface area contributed by atoms with Gasteiger partial charge in [-0.25, -0.2) is 19.6 Å². The van der Waals surface area contributed by atoms with Crippen LogP contribution in [-0.2, 0) is 43.2 Å². The zero-order valence-electron chi connectivity index (χ0n) is 27.3. The van der Waals surface area contributed by atoms with Crippen LogP contribution in [0.3, 0.4) is 0 Å². The Kier molecular flexibility index (Phi) is 7.20. The normalized spacial score (nSPS) is 59.5. The standard InChI is InChI=1S/C34H54O9/c1-8-35-27(28-21(5)25-12-10-19(3)23-14-16-32(7)39-30(37-28)34(23,25)43-41-32)17-26-20(4)24-11-9-18(2)22-13-15-31(6)38-29(36-26)33(22,24)42-40-31/h18-30H,8-17H2,1-7H3/t18-,19-,20-,21-,22+,23+,24+,25+,26-,27+,28?,29-,30-,31+,32+,33-,34-/m1/s1. The minimum Gasteiger partial charge on any atom is -0.376 e. The minimum absolute atomic E-state index is 0.0489. The Bertz CT molecular complexity index is 1070. The van der Waals surface area contributed by atoms with E-state index in [0.29, 0.717) is 36.2 Å².